The third-order valence-electron chi connectivity index (χ3n) is 2.87. The second-order valence-electron chi connectivity index (χ2n) is 4.21. The number of rotatable bonds is 5. The highest BCUT2D eigenvalue weighted by Crippen LogP contribution is 2.19. The summed E-state index contributed by atoms with van der Waals surface area (Å²) in [4.78, 5) is 12.3. The normalized spacial score (nSPS) is 11.9. The van der Waals surface area contributed by atoms with Crippen LogP contribution in [0.3, 0.4) is 0 Å². The zero-order valence-electron chi connectivity index (χ0n) is 10.9. The highest BCUT2D eigenvalue weighted by molar-refractivity contribution is 6.00. The molecule has 3 heteroatoms. The highest BCUT2D eigenvalue weighted by Gasteiger charge is 2.17. The van der Waals surface area contributed by atoms with Gasteiger partial charge in [-0.05, 0) is 24.6 Å². The van der Waals surface area contributed by atoms with Gasteiger partial charge in [0.2, 0.25) is 0 Å². The molecule has 0 saturated carbocycles. The zero-order chi connectivity index (χ0) is 13.7. The second kappa shape index (κ2) is 6.16. The lowest BCUT2D eigenvalue weighted by Gasteiger charge is -2.12. The molecule has 0 fully saturated rings. The summed E-state index contributed by atoms with van der Waals surface area (Å²) in [6, 6.07) is 15.8. The van der Waals surface area contributed by atoms with Crippen LogP contribution in [0.5, 0.6) is 5.75 Å². The lowest BCUT2D eigenvalue weighted by Crippen LogP contribution is -2.21. The van der Waals surface area contributed by atoms with Crippen LogP contribution in [0, 0.1) is 0 Å². The van der Waals surface area contributed by atoms with E-state index in [1.54, 1.807) is 18.2 Å². The number of benzene rings is 2. The Balaban J connectivity index is 2.22. The van der Waals surface area contributed by atoms with Crippen molar-refractivity contribution in [2.45, 2.75) is 13.0 Å². The molecule has 0 aliphatic heterocycles. The van der Waals surface area contributed by atoms with Gasteiger partial charge in [-0.2, -0.15) is 0 Å². The SMILES string of the molecule is CCOc1cccc(C(=O)C(N)c2ccccc2)c1. The van der Waals surface area contributed by atoms with Gasteiger partial charge in [-0.1, -0.05) is 42.5 Å². The fraction of sp³-hybridized carbons (Fsp3) is 0.188. The lowest BCUT2D eigenvalue weighted by molar-refractivity contribution is 0.0961. The van der Waals surface area contributed by atoms with Crippen LogP contribution in [0.25, 0.3) is 0 Å². The number of nitrogens with two attached hydrogens (primary N) is 1. The van der Waals surface area contributed by atoms with Crippen LogP contribution < -0.4 is 10.5 Å². The summed E-state index contributed by atoms with van der Waals surface area (Å²) < 4.78 is 5.39. The fourth-order valence-electron chi connectivity index (χ4n) is 1.90. The van der Waals surface area contributed by atoms with Crippen LogP contribution in [0.2, 0.25) is 0 Å². The Labute approximate surface area is 113 Å². The minimum Gasteiger partial charge on any atom is -0.494 e. The van der Waals surface area contributed by atoms with E-state index in [4.69, 9.17) is 10.5 Å². The largest absolute Gasteiger partial charge is 0.494 e. The standard InChI is InChI=1S/C16H17NO2/c1-2-19-14-10-6-9-13(11-14)16(18)15(17)12-7-4-3-5-8-12/h3-11,15H,2,17H2,1H3. The highest BCUT2D eigenvalue weighted by atomic mass is 16.5. The van der Waals surface area contributed by atoms with E-state index >= 15 is 0 Å². The molecular formula is C16H17NO2. The Morgan fingerprint density at radius 3 is 2.58 bits per heavy atom. The molecule has 0 amide bonds. The molecule has 0 spiro atoms. The molecule has 2 N–H and O–H groups in total. The molecule has 98 valence electrons. The smallest absolute Gasteiger partial charge is 0.184 e. The minimum atomic E-state index is -0.641. The van der Waals surface area contributed by atoms with E-state index in [1.807, 2.05) is 43.3 Å². The van der Waals surface area contributed by atoms with E-state index in [-0.39, 0.29) is 5.78 Å². The maximum Gasteiger partial charge on any atom is 0.184 e. The average Bonchev–Trinajstić information content (AvgIpc) is 2.47. The molecule has 0 aliphatic rings. The third-order valence-corrected chi connectivity index (χ3v) is 2.87. The van der Waals surface area contributed by atoms with Gasteiger partial charge in [0.25, 0.3) is 0 Å². The van der Waals surface area contributed by atoms with E-state index < -0.39 is 6.04 Å². The quantitative estimate of drug-likeness (QED) is 0.836. The molecule has 1 atom stereocenters. The van der Waals surface area contributed by atoms with Crippen molar-refractivity contribution in [3.63, 3.8) is 0 Å². The lowest BCUT2D eigenvalue weighted by atomic mass is 9.98. The summed E-state index contributed by atoms with van der Waals surface area (Å²) in [5.74, 6) is 0.585. The first-order chi connectivity index (χ1) is 9.22. The summed E-state index contributed by atoms with van der Waals surface area (Å²) in [7, 11) is 0. The summed E-state index contributed by atoms with van der Waals surface area (Å²) in [5.41, 5.74) is 7.39. The number of hydrogen-bond donors (Lipinski definition) is 1. The van der Waals surface area contributed by atoms with Crippen molar-refractivity contribution in [3.05, 3.63) is 65.7 Å². The van der Waals surface area contributed by atoms with Crippen LogP contribution in [-0.2, 0) is 0 Å². The number of ether oxygens (including phenoxy) is 1. The van der Waals surface area contributed by atoms with Crippen molar-refractivity contribution in [1.82, 2.24) is 0 Å². The molecule has 0 saturated heterocycles. The first-order valence-electron chi connectivity index (χ1n) is 6.30. The van der Waals surface area contributed by atoms with Crippen molar-refractivity contribution in [3.8, 4) is 5.75 Å². The molecule has 2 rings (SSSR count). The number of hydrogen-bond acceptors (Lipinski definition) is 3. The third kappa shape index (κ3) is 3.20. The molecule has 2 aromatic carbocycles. The average molecular weight is 255 g/mol. The Kier molecular flexibility index (Phi) is 4.31. The molecule has 0 heterocycles. The Morgan fingerprint density at radius 2 is 1.89 bits per heavy atom. The first kappa shape index (κ1) is 13.3. The van der Waals surface area contributed by atoms with Gasteiger partial charge in [-0.25, -0.2) is 0 Å². The van der Waals surface area contributed by atoms with Gasteiger partial charge in [-0.15, -0.1) is 0 Å². The summed E-state index contributed by atoms with van der Waals surface area (Å²) in [5, 5.41) is 0. The Hall–Kier alpha value is -2.13. The van der Waals surface area contributed by atoms with Crippen molar-refractivity contribution >= 4 is 5.78 Å². The topological polar surface area (TPSA) is 52.3 Å². The van der Waals surface area contributed by atoms with Crippen molar-refractivity contribution in [1.29, 1.82) is 0 Å². The van der Waals surface area contributed by atoms with E-state index in [2.05, 4.69) is 0 Å². The first-order valence-corrected chi connectivity index (χ1v) is 6.30. The van der Waals surface area contributed by atoms with Crippen molar-refractivity contribution < 1.29 is 9.53 Å². The van der Waals surface area contributed by atoms with Crippen LogP contribution in [-0.4, -0.2) is 12.4 Å². The summed E-state index contributed by atoms with van der Waals surface area (Å²) in [6.45, 7) is 2.48. The molecule has 0 aliphatic carbocycles. The monoisotopic (exact) mass is 255 g/mol. The molecule has 19 heavy (non-hydrogen) atoms. The predicted molar refractivity (Wildman–Crippen MR) is 75.3 cm³/mol. The molecule has 2 aromatic rings. The molecule has 0 aromatic heterocycles. The van der Waals surface area contributed by atoms with Gasteiger partial charge in [0.1, 0.15) is 5.75 Å². The zero-order valence-corrected chi connectivity index (χ0v) is 10.9. The maximum atomic E-state index is 12.3. The van der Waals surface area contributed by atoms with Gasteiger partial charge >= 0.3 is 0 Å². The summed E-state index contributed by atoms with van der Waals surface area (Å²) >= 11 is 0. The number of carbonyl (C=O) groups excluding carboxylic acids is 1. The minimum absolute atomic E-state index is 0.104. The van der Waals surface area contributed by atoms with Crippen LogP contribution in [0.15, 0.2) is 54.6 Å². The van der Waals surface area contributed by atoms with Gasteiger partial charge in [0.05, 0.1) is 12.6 Å². The second-order valence-corrected chi connectivity index (χ2v) is 4.21. The van der Waals surface area contributed by atoms with E-state index in [0.717, 1.165) is 5.56 Å². The van der Waals surface area contributed by atoms with Gasteiger partial charge in [0.15, 0.2) is 5.78 Å². The molecule has 3 nitrogen and oxygen atoms in total. The van der Waals surface area contributed by atoms with E-state index in [9.17, 15) is 4.79 Å². The van der Waals surface area contributed by atoms with Gasteiger partial charge in [-0.3, -0.25) is 4.79 Å². The number of carbonyl (C=O) groups is 1. The van der Waals surface area contributed by atoms with Crippen molar-refractivity contribution in [2.75, 3.05) is 6.61 Å². The van der Waals surface area contributed by atoms with Crippen LogP contribution >= 0.6 is 0 Å². The summed E-state index contributed by atoms with van der Waals surface area (Å²) in [6.07, 6.45) is 0. The molecule has 1 unspecified atom stereocenters. The predicted octanol–water partition coefficient (Wildman–Crippen LogP) is 2.97. The fourth-order valence-corrected chi connectivity index (χ4v) is 1.90. The Bertz CT molecular complexity index is 552. The Morgan fingerprint density at radius 1 is 1.16 bits per heavy atom. The van der Waals surface area contributed by atoms with Gasteiger partial charge < -0.3 is 10.5 Å². The number of Topliss-reactive ketones (excluding diaryl/α,β-unsaturated/α-hetero) is 1. The number of ketones is 1. The van der Waals surface area contributed by atoms with Crippen LogP contribution in [0.1, 0.15) is 28.9 Å². The molecule has 0 bridgehead atoms. The van der Waals surface area contributed by atoms with E-state index in [1.165, 1.54) is 0 Å². The molecule has 0 radical (unpaired) electrons. The molecular weight excluding hydrogens is 238 g/mol. The maximum absolute atomic E-state index is 12.3. The van der Waals surface area contributed by atoms with Crippen LogP contribution in [0.4, 0.5) is 0 Å². The van der Waals surface area contributed by atoms with E-state index in [0.29, 0.717) is 17.9 Å². The van der Waals surface area contributed by atoms with Crippen molar-refractivity contribution in [2.24, 2.45) is 5.73 Å². The van der Waals surface area contributed by atoms with Gasteiger partial charge in [0, 0.05) is 5.56 Å².